The van der Waals surface area contributed by atoms with Crippen LogP contribution in [-0.4, -0.2) is 19.7 Å². The molecule has 0 atom stereocenters. The predicted octanol–water partition coefficient (Wildman–Crippen LogP) is 1.71. The Labute approximate surface area is 94.0 Å². The maximum atomic E-state index is 10.8. The Morgan fingerprint density at radius 1 is 1.19 bits per heavy atom. The second-order valence-electron chi connectivity index (χ2n) is 3.46. The summed E-state index contributed by atoms with van der Waals surface area (Å²) in [7, 11) is -3.42. The maximum Gasteiger partial charge on any atom is 0.264 e. The summed E-state index contributed by atoms with van der Waals surface area (Å²) >= 11 is 0. The van der Waals surface area contributed by atoms with Gasteiger partial charge >= 0.3 is 0 Å². The first-order chi connectivity index (χ1) is 7.54. The quantitative estimate of drug-likeness (QED) is 0.762. The van der Waals surface area contributed by atoms with Crippen LogP contribution in [0, 0.1) is 0 Å². The smallest absolute Gasteiger partial charge is 0.264 e. The lowest BCUT2D eigenvalue weighted by molar-refractivity contribution is 0.307. The number of hydrogen-bond acceptors (Lipinski definition) is 4. The van der Waals surface area contributed by atoms with E-state index >= 15 is 0 Å². The van der Waals surface area contributed by atoms with Crippen LogP contribution in [0.15, 0.2) is 36.4 Å². The molecular weight excluding hydrogens is 226 g/mol. The average Bonchev–Trinajstić information content (AvgIpc) is 2.25. The molecule has 0 aliphatic rings. The van der Waals surface area contributed by atoms with Crippen molar-refractivity contribution in [2.45, 2.75) is 6.61 Å². The van der Waals surface area contributed by atoms with Crippen LogP contribution in [0.5, 0.6) is 0 Å². The number of hydrogen-bond donors (Lipinski definition) is 0. The standard InChI is InChI=1S/C11H11NO3S/c1-16(13,14)15-8-10-7-6-9-4-2-3-5-11(9)12-10/h2-7H,8H2,1H3. The Kier molecular flexibility index (Phi) is 2.89. The number of nitrogens with zero attached hydrogens (tertiary/aromatic N) is 1. The largest absolute Gasteiger partial charge is 0.264 e. The first-order valence-electron chi connectivity index (χ1n) is 4.74. The van der Waals surface area contributed by atoms with Gasteiger partial charge in [0.2, 0.25) is 0 Å². The van der Waals surface area contributed by atoms with E-state index in [9.17, 15) is 8.42 Å². The molecule has 0 radical (unpaired) electrons. The van der Waals surface area contributed by atoms with E-state index in [1.54, 1.807) is 6.07 Å². The van der Waals surface area contributed by atoms with Gasteiger partial charge in [-0.05, 0) is 12.1 Å². The first-order valence-corrected chi connectivity index (χ1v) is 6.55. The Hall–Kier alpha value is -1.46. The molecule has 1 heterocycles. The van der Waals surface area contributed by atoms with E-state index in [4.69, 9.17) is 0 Å². The van der Waals surface area contributed by atoms with Gasteiger partial charge in [-0.2, -0.15) is 8.42 Å². The highest BCUT2D eigenvalue weighted by Crippen LogP contribution is 2.12. The molecule has 0 bridgehead atoms. The Morgan fingerprint density at radius 3 is 2.69 bits per heavy atom. The molecule has 0 fully saturated rings. The lowest BCUT2D eigenvalue weighted by atomic mass is 10.2. The monoisotopic (exact) mass is 237 g/mol. The summed E-state index contributed by atoms with van der Waals surface area (Å²) in [6.45, 7) is -0.0241. The zero-order valence-corrected chi connectivity index (χ0v) is 9.57. The van der Waals surface area contributed by atoms with Crippen LogP contribution in [0.1, 0.15) is 5.69 Å². The van der Waals surface area contributed by atoms with Crippen LogP contribution in [-0.2, 0) is 20.9 Å². The van der Waals surface area contributed by atoms with E-state index in [1.807, 2.05) is 30.3 Å². The summed E-state index contributed by atoms with van der Waals surface area (Å²) in [5.41, 5.74) is 1.43. The van der Waals surface area contributed by atoms with Crippen molar-refractivity contribution in [3.05, 3.63) is 42.1 Å². The summed E-state index contributed by atoms with van der Waals surface area (Å²) < 4.78 is 26.3. The molecule has 0 spiro atoms. The van der Waals surface area contributed by atoms with Gasteiger partial charge in [0.05, 0.1) is 17.5 Å². The van der Waals surface area contributed by atoms with Crippen molar-refractivity contribution in [2.24, 2.45) is 0 Å². The van der Waals surface area contributed by atoms with E-state index in [1.165, 1.54) is 0 Å². The summed E-state index contributed by atoms with van der Waals surface area (Å²) in [4.78, 5) is 4.29. The van der Waals surface area contributed by atoms with Gasteiger partial charge in [-0.1, -0.05) is 24.3 Å². The molecule has 16 heavy (non-hydrogen) atoms. The van der Waals surface area contributed by atoms with Crippen molar-refractivity contribution in [2.75, 3.05) is 6.26 Å². The van der Waals surface area contributed by atoms with E-state index in [2.05, 4.69) is 9.17 Å². The highest BCUT2D eigenvalue weighted by molar-refractivity contribution is 7.85. The molecule has 2 rings (SSSR count). The zero-order valence-electron chi connectivity index (χ0n) is 8.75. The molecule has 1 aromatic carbocycles. The Morgan fingerprint density at radius 2 is 1.94 bits per heavy atom. The molecular formula is C11H11NO3S. The molecule has 1 aromatic heterocycles. The van der Waals surface area contributed by atoms with Gasteiger partial charge in [-0.3, -0.25) is 9.17 Å². The fraction of sp³-hybridized carbons (Fsp3) is 0.182. The molecule has 0 saturated carbocycles. The van der Waals surface area contributed by atoms with Crippen LogP contribution in [0.25, 0.3) is 10.9 Å². The fourth-order valence-corrected chi connectivity index (χ4v) is 1.69. The molecule has 0 unspecified atom stereocenters. The third-order valence-corrected chi connectivity index (χ3v) is 2.62. The minimum atomic E-state index is -3.42. The van der Waals surface area contributed by atoms with Crippen LogP contribution in [0.2, 0.25) is 0 Å². The van der Waals surface area contributed by atoms with Crippen LogP contribution in [0.4, 0.5) is 0 Å². The lowest BCUT2D eigenvalue weighted by Crippen LogP contribution is -2.03. The highest BCUT2D eigenvalue weighted by Gasteiger charge is 2.04. The van der Waals surface area contributed by atoms with E-state index in [-0.39, 0.29) is 6.61 Å². The molecule has 0 saturated heterocycles. The first kappa shape index (κ1) is 11.0. The van der Waals surface area contributed by atoms with Crippen molar-refractivity contribution in [1.29, 1.82) is 0 Å². The summed E-state index contributed by atoms with van der Waals surface area (Å²) in [6, 6.07) is 11.3. The molecule has 4 nitrogen and oxygen atoms in total. The Bertz CT molecular complexity index is 607. The molecule has 0 aliphatic carbocycles. The molecule has 5 heteroatoms. The number of fused-ring (bicyclic) bond motifs is 1. The van der Waals surface area contributed by atoms with Gasteiger partial charge in [-0.25, -0.2) is 0 Å². The van der Waals surface area contributed by atoms with Crippen molar-refractivity contribution >= 4 is 21.0 Å². The predicted molar refractivity (Wildman–Crippen MR) is 61.4 cm³/mol. The molecule has 0 amide bonds. The van der Waals surface area contributed by atoms with Crippen LogP contribution >= 0.6 is 0 Å². The minimum absolute atomic E-state index is 0.0241. The van der Waals surface area contributed by atoms with Gasteiger partial charge in [0.1, 0.15) is 6.61 Å². The lowest BCUT2D eigenvalue weighted by Gasteiger charge is -2.02. The zero-order chi connectivity index (χ0) is 11.6. The Balaban J connectivity index is 2.26. The molecule has 84 valence electrons. The van der Waals surface area contributed by atoms with E-state index < -0.39 is 10.1 Å². The number of benzene rings is 1. The van der Waals surface area contributed by atoms with Crippen LogP contribution in [0.3, 0.4) is 0 Å². The van der Waals surface area contributed by atoms with E-state index in [0.717, 1.165) is 17.2 Å². The normalized spacial score (nSPS) is 11.8. The van der Waals surface area contributed by atoms with Gasteiger partial charge < -0.3 is 0 Å². The number of pyridine rings is 1. The van der Waals surface area contributed by atoms with Crippen molar-refractivity contribution in [3.8, 4) is 0 Å². The summed E-state index contributed by atoms with van der Waals surface area (Å²) in [5, 5.41) is 1.02. The third-order valence-electron chi connectivity index (χ3n) is 2.08. The SMILES string of the molecule is CS(=O)(=O)OCc1ccc2ccccc2n1. The second-order valence-corrected chi connectivity index (χ2v) is 5.11. The average molecular weight is 237 g/mol. The van der Waals surface area contributed by atoms with Gasteiger partial charge in [0.15, 0.2) is 0 Å². The third kappa shape index (κ3) is 2.77. The summed E-state index contributed by atoms with van der Waals surface area (Å²) in [6.07, 6.45) is 1.02. The van der Waals surface area contributed by atoms with Gasteiger partial charge in [-0.15, -0.1) is 0 Å². The number of aromatic nitrogens is 1. The van der Waals surface area contributed by atoms with Gasteiger partial charge in [0, 0.05) is 5.39 Å². The van der Waals surface area contributed by atoms with Crippen molar-refractivity contribution in [3.63, 3.8) is 0 Å². The fourth-order valence-electron chi connectivity index (χ4n) is 1.36. The van der Waals surface area contributed by atoms with Crippen molar-refractivity contribution in [1.82, 2.24) is 4.98 Å². The minimum Gasteiger partial charge on any atom is -0.264 e. The number of para-hydroxylation sites is 1. The van der Waals surface area contributed by atoms with Crippen molar-refractivity contribution < 1.29 is 12.6 Å². The number of rotatable bonds is 3. The molecule has 0 N–H and O–H groups in total. The van der Waals surface area contributed by atoms with Gasteiger partial charge in [0.25, 0.3) is 10.1 Å². The van der Waals surface area contributed by atoms with Crippen LogP contribution < -0.4 is 0 Å². The second kappa shape index (κ2) is 4.19. The summed E-state index contributed by atoms with van der Waals surface area (Å²) in [5.74, 6) is 0. The van der Waals surface area contributed by atoms with E-state index in [0.29, 0.717) is 5.69 Å². The molecule has 2 aromatic rings. The maximum absolute atomic E-state index is 10.8. The topological polar surface area (TPSA) is 56.3 Å². The molecule has 0 aliphatic heterocycles. The highest BCUT2D eigenvalue weighted by atomic mass is 32.2.